The van der Waals surface area contributed by atoms with Crippen molar-refractivity contribution in [3.63, 3.8) is 0 Å². The summed E-state index contributed by atoms with van der Waals surface area (Å²) in [6.45, 7) is 3.73. The van der Waals surface area contributed by atoms with Crippen molar-refractivity contribution in [2.24, 2.45) is 13.0 Å². The van der Waals surface area contributed by atoms with Crippen LogP contribution in [0.25, 0.3) is 0 Å². The number of benzene rings is 1. The summed E-state index contributed by atoms with van der Waals surface area (Å²) < 4.78 is 4.14. The van der Waals surface area contributed by atoms with Gasteiger partial charge in [0.25, 0.3) is 0 Å². The monoisotopic (exact) mass is 365 g/mol. The van der Waals surface area contributed by atoms with Crippen LogP contribution in [0.1, 0.15) is 36.0 Å². The average Bonchev–Trinajstić information content (AvgIpc) is 3.32. The standard InChI is InChI=1S/C21H27N5O/c1-24-12-9-23-21(24)20(27)18-7-10-25(11-8-18)15-19-13-22-16-26(19)14-17-5-3-2-4-6-17/h2-6,9,12-13,16,18,20,27H,7-8,10-11,14-15H2,1H3/t20-/m0/s1. The van der Waals surface area contributed by atoms with Gasteiger partial charge in [-0.1, -0.05) is 30.3 Å². The van der Waals surface area contributed by atoms with E-state index in [0.29, 0.717) is 0 Å². The third-order valence-electron chi connectivity index (χ3n) is 5.58. The van der Waals surface area contributed by atoms with Gasteiger partial charge < -0.3 is 14.2 Å². The van der Waals surface area contributed by atoms with Crippen LogP contribution in [0.4, 0.5) is 0 Å². The molecular weight excluding hydrogens is 338 g/mol. The Labute approximate surface area is 160 Å². The molecule has 3 aromatic rings. The Morgan fingerprint density at radius 1 is 1.15 bits per heavy atom. The molecule has 0 saturated carbocycles. The smallest absolute Gasteiger partial charge is 0.137 e. The van der Waals surface area contributed by atoms with Crippen LogP contribution in [0, 0.1) is 5.92 Å². The maximum Gasteiger partial charge on any atom is 0.137 e. The van der Waals surface area contributed by atoms with Gasteiger partial charge in [0, 0.05) is 38.7 Å². The zero-order chi connectivity index (χ0) is 18.6. The number of aromatic nitrogens is 4. The van der Waals surface area contributed by atoms with Crippen LogP contribution in [0.3, 0.4) is 0 Å². The fourth-order valence-electron chi connectivity index (χ4n) is 3.93. The van der Waals surface area contributed by atoms with E-state index in [-0.39, 0.29) is 5.92 Å². The van der Waals surface area contributed by atoms with Crippen LogP contribution in [-0.4, -0.2) is 42.2 Å². The van der Waals surface area contributed by atoms with Crippen LogP contribution in [0.5, 0.6) is 0 Å². The number of rotatable bonds is 6. The third-order valence-corrected chi connectivity index (χ3v) is 5.58. The third kappa shape index (κ3) is 4.12. The molecule has 0 radical (unpaired) electrons. The quantitative estimate of drug-likeness (QED) is 0.729. The highest BCUT2D eigenvalue weighted by Crippen LogP contribution is 2.30. The number of aryl methyl sites for hydroxylation is 1. The van der Waals surface area contributed by atoms with E-state index < -0.39 is 6.10 Å². The lowest BCUT2D eigenvalue weighted by Gasteiger charge is -2.34. The molecule has 6 nitrogen and oxygen atoms in total. The second kappa shape index (κ2) is 8.06. The van der Waals surface area contributed by atoms with E-state index in [4.69, 9.17) is 0 Å². The topological polar surface area (TPSA) is 59.1 Å². The summed E-state index contributed by atoms with van der Waals surface area (Å²) in [5.41, 5.74) is 2.52. The van der Waals surface area contributed by atoms with Crippen LogP contribution in [-0.2, 0) is 20.1 Å². The van der Waals surface area contributed by atoms with Crippen LogP contribution < -0.4 is 0 Å². The van der Waals surface area contributed by atoms with Crippen molar-refractivity contribution >= 4 is 0 Å². The van der Waals surface area contributed by atoms with E-state index >= 15 is 0 Å². The predicted octanol–water partition coefficient (Wildman–Crippen LogP) is 2.61. The SMILES string of the molecule is Cn1ccnc1[C@@H](O)C1CCN(Cc2cncn2Cc2ccccc2)CC1. The fraction of sp³-hybridized carbons (Fsp3) is 0.429. The zero-order valence-corrected chi connectivity index (χ0v) is 15.8. The zero-order valence-electron chi connectivity index (χ0n) is 15.8. The molecule has 1 fully saturated rings. The van der Waals surface area contributed by atoms with E-state index in [9.17, 15) is 5.11 Å². The molecule has 0 amide bonds. The Morgan fingerprint density at radius 2 is 1.93 bits per heavy atom. The van der Waals surface area contributed by atoms with Gasteiger partial charge >= 0.3 is 0 Å². The van der Waals surface area contributed by atoms with Crippen molar-refractivity contribution in [2.75, 3.05) is 13.1 Å². The van der Waals surface area contributed by atoms with Crippen molar-refractivity contribution < 1.29 is 5.11 Å². The van der Waals surface area contributed by atoms with Gasteiger partial charge in [0.15, 0.2) is 0 Å². The molecule has 0 aliphatic carbocycles. The van der Waals surface area contributed by atoms with Crippen LogP contribution in [0.2, 0.25) is 0 Å². The van der Waals surface area contributed by atoms with Crippen LogP contribution in [0.15, 0.2) is 55.2 Å². The molecule has 1 saturated heterocycles. The van der Waals surface area contributed by atoms with Gasteiger partial charge in [-0.05, 0) is 37.4 Å². The average molecular weight is 365 g/mol. The number of hydrogen-bond acceptors (Lipinski definition) is 4. The Kier molecular flexibility index (Phi) is 5.36. The largest absolute Gasteiger partial charge is 0.385 e. The summed E-state index contributed by atoms with van der Waals surface area (Å²) >= 11 is 0. The van der Waals surface area contributed by atoms with Gasteiger partial charge in [-0.2, -0.15) is 0 Å². The van der Waals surface area contributed by atoms with E-state index in [1.54, 1.807) is 6.20 Å². The minimum absolute atomic E-state index is 0.275. The Hall–Kier alpha value is -2.44. The van der Waals surface area contributed by atoms with Gasteiger partial charge in [0.2, 0.25) is 0 Å². The molecule has 2 aromatic heterocycles. The molecule has 27 heavy (non-hydrogen) atoms. The molecule has 3 heterocycles. The summed E-state index contributed by atoms with van der Waals surface area (Å²) in [4.78, 5) is 11.1. The number of likely N-dealkylation sites (tertiary alicyclic amines) is 1. The lowest BCUT2D eigenvalue weighted by atomic mass is 9.90. The number of imidazole rings is 2. The number of hydrogen-bond donors (Lipinski definition) is 1. The molecule has 0 unspecified atom stereocenters. The highest BCUT2D eigenvalue weighted by atomic mass is 16.3. The molecule has 4 rings (SSSR count). The molecule has 1 N–H and O–H groups in total. The summed E-state index contributed by atoms with van der Waals surface area (Å²) in [6.07, 6.45) is 9.03. The molecule has 142 valence electrons. The van der Waals surface area contributed by atoms with Crippen molar-refractivity contribution in [1.82, 2.24) is 24.0 Å². The van der Waals surface area contributed by atoms with Crippen molar-refractivity contribution in [3.05, 3.63) is 72.3 Å². The molecule has 6 heteroatoms. The normalized spacial score (nSPS) is 17.3. The van der Waals surface area contributed by atoms with E-state index in [1.165, 1.54) is 11.3 Å². The maximum atomic E-state index is 10.7. The summed E-state index contributed by atoms with van der Waals surface area (Å²) in [5, 5.41) is 10.7. The van der Waals surface area contributed by atoms with Crippen LogP contribution >= 0.6 is 0 Å². The maximum absolute atomic E-state index is 10.7. The number of aliphatic hydroxyl groups excluding tert-OH is 1. The Bertz CT molecular complexity index is 848. The first-order valence-electron chi connectivity index (χ1n) is 9.61. The predicted molar refractivity (Wildman–Crippen MR) is 104 cm³/mol. The molecule has 1 atom stereocenters. The highest BCUT2D eigenvalue weighted by Gasteiger charge is 2.28. The van der Waals surface area contributed by atoms with Gasteiger partial charge in [-0.15, -0.1) is 0 Å². The highest BCUT2D eigenvalue weighted by molar-refractivity contribution is 5.16. The van der Waals surface area contributed by atoms with Crippen molar-refractivity contribution in [1.29, 1.82) is 0 Å². The first kappa shape index (κ1) is 17.9. The lowest BCUT2D eigenvalue weighted by Crippen LogP contribution is -2.36. The van der Waals surface area contributed by atoms with E-state index in [2.05, 4.69) is 43.7 Å². The second-order valence-corrected chi connectivity index (χ2v) is 7.45. The fourth-order valence-corrected chi connectivity index (χ4v) is 3.93. The van der Waals surface area contributed by atoms with Gasteiger partial charge in [-0.25, -0.2) is 9.97 Å². The molecule has 0 bridgehead atoms. The molecule has 0 spiro atoms. The number of aliphatic hydroxyl groups is 1. The van der Waals surface area contributed by atoms with Gasteiger partial charge in [-0.3, -0.25) is 4.90 Å². The van der Waals surface area contributed by atoms with Gasteiger partial charge in [0.05, 0.1) is 12.0 Å². The number of nitrogens with zero attached hydrogens (tertiary/aromatic N) is 5. The van der Waals surface area contributed by atoms with E-state index in [0.717, 1.165) is 44.8 Å². The molecule has 1 aliphatic rings. The number of piperidine rings is 1. The van der Waals surface area contributed by atoms with Crippen molar-refractivity contribution in [3.8, 4) is 0 Å². The summed E-state index contributed by atoms with van der Waals surface area (Å²) in [7, 11) is 1.94. The lowest BCUT2D eigenvalue weighted by molar-refractivity contribution is 0.0486. The second-order valence-electron chi connectivity index (χ2n) is 7.45. The minimum Gasteiger partial charge on any atom is -0.385 e. The van der Waals surface area contributed by atoms with Gasteiger partial charge in [0.1, 0.15) is 11.9 Å². The summed E-state index contributed by atoms with van der Waals surface area (Å²) in [5.74, 6) is 1.05. The van der Waals surface area contributed by atoms with E-state index in [1.807, 2.05) is 36.4 Å². The summed E-state index contributed by atoms with van der Waals surface area (Å²) in [6, 6.07) is 10.5. The first-order chi connectivity index (χ1) is 13.2. The molecular formula is C21H27N5O. The minimum atomic E-state index is -0.476. The first-order valence-corrected chi connectivity index (χ1v) is 9.61. The molecule has 1 aliphatic heterocycles. The Balaban J connectivity index is 1.34. The van der Waals surface area contributed by atoms with Crippen molar-refractivity contribution in [2.45, 2.75) is 32.0 Å². The molecule has 1 aromatic carbocycles. The Morgan fingerprint density at radius 3 is 2.63 bits per heavy atom.